The molecule has 0 unspecified atom stereocenters. The third kappa shape index (κ3) is 3.40. The van der Waals surface area contributed by atoms with Gasteiger partial charge in [0.05, 0.1) is 36.7 Å². The molecule has 0 atom stereocenters. The van der Waals surface area contributed by atoms with E-state index in [9.17, 15) is 0 Å². The summed E-state index contributed by atoms with van der Waals surface area (Å²) in [5.74, 6) is 0. The maximum atomic E-state index is 5.44. The lowest BCUT2D eigenvalue weighted by Crippen LogP contribution is -3.14. The predicted octanol–water partition coefficient (Wildman–Crippen LogP) is 2.26. The Morgan fingerprint density at radius 3 is 2.84 bits per heavy atom. The smallest absolute Gasteiger partial charge is 0.129 e. The van der Waals surface area contributed by atoms with Crippen molar-refractivity contribution in [2.45, 2.75) is 26.3 Å². The van der Waals surface area contributed by atoms with Gasteiger partial charge in [0.25, 0.3) is 0 Å². The summed E-state index contributed by atoms with van der Waals surface area (Å²) in [6.45, 7) is 12.7. The number of nitrogens with zero attached hydrogens (tertiary/aromatic N) is 1. The standard InChI is InChI=1S/C19H25N3OS2/c1-13-4-5-15-14(12-13)16-17(19(2,3)21-15)24-25-18(16)20-6-7-22-8-10-23-11-9-22/h4-5,12,21H,6-11H2,1-3H3/p+1. The van der Waals surface area contributed by atoms with Crippen LogP contribution in [0, 0.1) is 6.92 Å². The van der Waals surface area contributed by atoms with E-state index in [1.54, 1.807) is 4.90 Å². The van der Waals surface area contributed by atoms with Crippen LogP contribution in [0.3, 0.4) is 0 Å². The maximum Gasteiger partial charge on any atom is 0.129 e. The molecule has 4 rings (SSSR count). The van der Waals surface area contributed by atoms with Gasteiger partial charge in [-0.2, -0.15) is 0 Å². The Bertz CT molecular complexity index is 831. The van der Waals surface area contributed by atoms with Crippen molar-refractivity contribution < 1.29 is 9.64 Å². The van der Waals surface area contributed by atoms with E-state index in [2.05, 4.69) is 44.3 Å². The number of aryl methyl sites for hydroxylation is 1. The van der Waals surface area contributed by atoms with Gasteiger partial charge in [-0.05, 0) is 32.9 Å². The minimum Gasteiger partial charge on any atom is -0.375 e. The highest BCUT2D eigenvalue weighted by atomic mass is 32.9. The fourth-order valence-electron chi connectivity index (χ4n) is 3.61. The molecule has 2 aliphatic rings. The Balaban J connectivity index is 1.67. The van der Waals surface area contributed by atoms with Gasteiger partial charge in [0.2, 0.25) is 0 Å². The first-order chi connectivity index (χ1) is 12.0. The van der Waals surface area contributed by atoms with Crippen LogP contribution in [0.15, 0.2) is 23.2 Å². The number of benzene rings is 1. The fourth-order valence-corrected chi connectivity index (χ4v) is 6.60. The molecular formula is C19H26N3OS2+. The molecule has 0 amide bonds. The van der Waals surface area contributed by atoms with Crippen molar-refractivity contribution >= 4 is 26.4 Å². The number of hydrogen-bond donors (Lipinski definition) is 2. The van der Waals surface area contributed by atoms with Gasteiger partial charge >= 0.3 is 0 Å². The quantitative estimate of drug-likeness (QED) is 0.807. The molecule has 134 valence electrons. The van der Waals surface area contributed by atoms with Gasteiger partial charge < -0.3 is 15.0 Å². The largest absolute Gasteiger partial charge is 0.375 e. The lowest BCUT2D eigenvalue weighted by Gasteiger charge is -2.33. The molecule has 2 aromatic rings. The SMILES string of the molecule is Cc1ccc2c(c1)-c1c(ssc1=NCC[NH+]1CCOCC1)C(C)(C)N2. The molecule has 1 aromatic carbocycles. The van der Waals surface area contributed by atoms with Gasteiger partial charge in [-0.15, -0.1) is 0 Å². The highest BCUT2D eigenvalue weighted by Crippen LogP contribution is 2.45. The molecule has 0 spiro atoms. The monoisotopic (exact) mass is 376 g/mol. The van der Waals surface area contributed by atoms with Crippen LogP contribution in [0.2, 0.25) is 0 Å². The van der Waals surface area contributed by atoms with Crippen LogP contribution < -0.4 is 14.9 Å². The van der Waals surface area contributed by atoms with Crippen molar-refractivity contribution in [3.63, 3.8) is 0 Å². The molecule has 1 aromatic heterocycles. The van der Waals surface area contributed by atoms with Crippen molar-refractivity contribution in [2.24, 2.45) is 4.99 Å². The summed E-state index contributed by atoms with van der Waals surface area (Å²) in [7, 11) is 3.70. The molecular weight excluding hydrogens is 350 g/mol. The zero-order valence-corrected chi connectivity index (χ0v) is 16.8. The van der Waals surface area contributed by atoms with Crippen LogP contribution in [-0.4, -0.2) is 39.4 Å². The Morgan fingerprint density at radius 2 is 2.04 bits per heavy atom. The van der Waals surface area contributed by atoms with Crippen molar-refractivity contribution in [1.29, 1.82) is 0 Å². The van der Waals surface area contributed by atoms with Crippen LogP contribution in [0.25, 0.3) is 11.1 Å². The van der Waals surface area contributed by atoms with E-state index >= 15 is 0 Å². The molecule has 0 radical (unpaired) electrons. The summed E-state index contributed by atoms with van der Waals surface area (Å²) in [6.07, 6.45) is 0. The Labute approximate surface area is 156 Å². The maximum absolute atomic E-state index is 5.44. The van der Waals surface area contributed by atoms with Crippen LogP contribution in [0.5, 0.6) is 0 Å². The van der Waals surface area contributed by atoms with Crippen molar-refractivity contribution in [1.82, 2.24) is 0 Å². The second-order valence-corrected chi connectivity index (χ2v) is 9.60. The molecule has 1 saturated heterocycles. The van der Waals surface area contributed by atoms with Crippen LogP contribution in [0.4, 0.5) is 5.69 Å². The van der Waals surface area contributed by atoms with Crippen LogP contribution >= 0.6 is 20.7 Å². The van der Waals surface area contributed by atoms with Crippen molar-refractivity contribution in [3.8, 4) is 11.1 Å². The first-order valence-electron chi connectivity index (χ1n) is 8.99. The zero-order valence-electron chi connectivity index (χ0n) is 15.1. The Morgan fingerprint density at radius 1 is 1.24 bits per heavy atom. The third-order valence-corrected chi connectivity index (χ3v) is 7.70. The lowest BCUT2D eigenvalue weighted by atomic mass is 9.89. The van der Waals surface area contributed by atoms with Gasteiger partial charge in [0.15, 0.2) is 0 Å². The van der Waals surface area contributed by atoms with E-state index in [4.69, 9.17) is 9.73 Å². The van der Waals surface area contributed by atoms with Crippen molar-refractivity contribution in [3.05, 3.63) is 33.3 Å². The van der Waals surface area contributed by atoms with E-state index in [0.29, 0.717) is 0 Å². The number of nitrogens with one attached hydrogen (secondary N) is 2. The molecule has 6 heteroatoms. The predicted molar refractivity (Wildman–Crippen MR) is 106 cm³/mol. The lowest BCUT2D eigenvalue weighted by molar-refractivity contribution is -0.906. The second kappa shape index (κ2) is 6.83. The molecule has 2 aliphatic heterocycles. The summed E-state index contributed by atoms with van der Waals surface area (Å²) >= 11 is 0. The molecule has 1 fully saturated rings. The third-order valence-electron chi connectivity index (χ3n) is 5.02. The minimum atomic E-state index is -0.0397. The van der Waals surface area contributed by atoms with Gasteiger partial charge in [0, 0.05) is 16.8 Å². The average Bonchev–Trinajstić information content (AvgIpc) is 3.02. The highest BCUT2D eigenvalue weighted by Gasteiger charge is 2.33. The normalized spacial score (nSPS) is 20.0. The molecule has 25 heavy (non-hydrogen) atoms. The Kier molecular flexibility index (Phi) is 4.71. The van der Waals surface area contributed by atoms with E-state index < -0.39 is 0 Å². The summed E-state index contributed by atoms with van der Waals surface area (Å²) in [4.78, 5) is 8.03. The summed E-state index contributed by atoms with van der Waals surface area (Å²) in [6, 6.07) is 6.68. The van der Waals surface area contributed by atoms with Crippen LogP contribution in [0.1, 0.15) is 24.3 Å². The van der Waals surface area contributed by atoms with E-state index in [0.717, 1.165) is 39.4 Å². The number of quaternary nitrogens is 1. The number of fused-ring (bicyclic) bond motifs is 3. The van der Waals surface area contributed by atoms with E-state index in [1.807, 2.05) is 20.7 Å². The molecule has 3 heterocycles. The van der Waals surface area contributed by atoms with E-state index in [1.165, 1.54) is 31.9 Å². The molecule has 0 saturated carbocycles. The van der Waals surface area contributed by atoms with Gasteiger partial charge in [-0.3, -0.25) is 4.99 Å². The minimum absolute atomic E-state index is 0.0397. The summed E-state index contributed by atoms with van der Waals surface area (Å²) in [5.41, 5.74) is 5.15. The topological polar surface area (TPSA) is 38.1 Å². The first-order valence-corrected chi connectivity index (χ1v) is 11.1. The molecule has 0 bridgehead atoms. The number of morpholine rings is 1. The fraction of sp³-hybridized carbons (Fsp3) is 0.526. The van der Waals surface area contributed by atoms with Gasteiger partial charge in [0.1, 0.15) is 17.8 Å². The first kappa shape index (κ1) is 17.2. The molecule has 0 aliphatic carbocycles. The highest BCUT2D eigenvalue weighted by molar-refractivity contribution is 7.68. The zero-order chi connectivity index (χ0) is 17.4. The van der Waals surface area contributed by atoms with Crippen LogP contribution in [-0.2, 0) is 10.3 Å². The summed E-state index contributed by atoms with van der Waals surface area (Å²) < 4.78 is 6.65. The average molecular weight is 377 g/mol. The van der Waals surface area contributed by atoms with E-state index in [-0.39, 0.29) is 5.54 Å². The number of anilines is 1. The number of ether oxygens (including phenoxy) is 1. The number of rotatable bonds is 3. The van der Waals surface area contributed by atoms with Crippen molar-refractivity contribution in [2.75, 3.05) is 44.7 Å². The number of hydrogen-bond acceptors (Lipinski definition) is 5. The van der Waals surface area contributed by atoms with Gasteiger partial charge in [-0.25, -0.2) is 0 Å². The Hall–Kier alpha value is -1.21. The summed E-state index contributed by atoms with van der Waals surface area (Å²) in [5, 5.41) is 3.70. The molecule has 2 N–H and O–H groups in total. The molecule has 4 nitrogen and oxygen atoms in total. The van der Waals surface area contributed by atoms with Gasteiger partial charge in [-0.1, -0.05) is 32.3 Å². The second-order valence-electron chi connectivity index (χ2n) is 7.47.